The Bertz CT molecular complexity index is 1330. The number of benzene rings is 3. The average molecular weight is 518 g/mol. The van der Waals surface area contributed by atoms with Gasteiger partial charge < -0.3 is 14.6 Å². The predicted molar refractivity (Wildman–Crippen MR) is 151 cm³/mol. The number of carbonyl (C=O) groups is 1. The minimum atomic E-state index is 0.0120. The number of nitrogens with one attached hydrogen (secondary N) is 1. The van der Waals surface area contributed by atoms with Crippen molar-refractivity contribution in [3.05, 3.63) is 94.3 Å². The van der Waals surface area contributed by atoms with Gasteiger partial charge in [0.1, 0.15) is 11.6 Å². The molecule has 1 N–H and O–H groups in total. The molecule has 1 aromatic heterocycles. The highest BCUT2D eigenvalue weighted by molar-refractivity contribution is 6.31. The Balaban J connectivity index is 1.23. The lowest BCUT2D eigenvalue weighted by atomic mass is 10.1. The van der Waals surface area contributed by atoms with Gasteiger partial charge in [0.2, 0.25) is 5.91 Å². The van der Waals surface area contributed by atoms with E-state index in [0.717, 1.165) is 61.3 Å². The minimum Gasteiger partial charge on any atom is -0.493 e. The van der Waals surface area contributed by atoms with Gasteiger partial charge in [0.15, 0.2) is 0 Å². The van der Waals surface area contributed by atoms with Gasteiger partial charge in [-0.1, -0.05) is 60.5 Å². The number of amides is 1. The van der Waals surface area contributed by atoms with Crippen molar-refractivity contribution in [2.24, 2.45) is 0 Å². The number of rotatable bonds is 13. The van der Waals surface area contributed by atoms with E-state index in [4.69, 9.17) is 21.3 Å². The second-order valence-corrected chi connectivity index (χ2v) is 9.90. The zero-order valence-electron chi connectivity index (χ0n) is 21.8. The third kappa shape index (κ3) is 7.36. The number of unbranched alkanes of at least 4 members (excludes halogenated alkanes) is 2. The van der Waals surface area contributed by atoms with Crippen LogP contribution in [0.2, 0.25) is 5.02 Å². The quantitative estimate of drug-likeness (QED) is 0.197. The molecule has 0 spiro atoms. The van der Waals surface area contributed by atoms with Crippen LogP contribution in [0.3, 0.4) is 0 Å². The Labute approximate surface area is 224 Å². The Morgan fingerprint density at radius 3 is 2.62 bits per heavy atom. The summed E-state index contributed by atoms with van der Waals surface area (Å²) in [6, 6.07) is 22.0. The first-order valence-electron chi connectivity index (χ1n) is 13.2. The van der Waals surface area contributed by atoms with E-state index in [1.54, 1.807) is 0 Å². The van der Waals surface area contributed by atoms with Gasteiger partial charge in [0.05, 0.1) is 24.1 Å². The maximum Gasteiger partial charge on any atom is 0.224 e. The zero-order chi connectivity index (χ0) is 26.0. The molecule has 0 unspecified atom stereocenters. The number of aromatic nitrogens is 2. The highest BCUT2D eigenvalue weighted by Gasteiger charge is 2.11. The van der Waals surface area contributed by atoms with Crippen LogP contribution in [0.4, 0.5) is 0 Å². The van der Waals surface area contributed by atoms with Crippen molar-refractivity contribution in [1.29, 1.82) is 0 Å². The molecule has 4 rings (SSSR count). The number of hydrogen-bond acceptors (Lipinski definition) is 3. The Morgan fingerprint density at radius 2 is 1.76 bits per heavy atom. The molecule has 0 bridgehead atoms. The van der Waals surface area contributed by atoms with Crippen molar-refractivity contribution >= 4 is 28.5 Å². The number of nitrogens with zero attached hydrogens (tertiary/aromatic N) is 2. The van der Waals surface area contributed by atoms with Crippen LogP contribution in [0.15, 0.2) is 66.7 Å². The summed E-state index contributed by atoms with van der Waals surface area (Å²) in [5.41, 5.74) is 5.53. The summed E-state index contributed by atoms with van der Waals surface area (Å²) in [4.78, 5) is 17.1. The Kier molecular flexibility index (Phi) is 9.61. The molecule has 4 aromatic rings. The molecule has 3 aromatic carbocycles. The van der Waals surface area contributed by atoms with Gasteiger partial charge in [-0.15, -0.1) is 0 Å². The largest absolute Gasteiger partial charge is 0.493 e. The number of para-hydroxylation sites is 2. The lowest BCUT2D eigenvalue weighted by molar-refractivity contribution is -0.120. The van der Waals surface area contributed by atoms with Crippen molar-refractivity contribution < 1.29 is 9.53 Å². The van der Waals surface area contributed by atoms with Crippen LogP contribution in [0.25, 0.3) is 11.0 Å². The van der Waals surface area contributed by atoms with Crippen molar-refractivity contribution in [1.82, 2.24) is 14.9 Å². The van der Waals surface area contributed by atoms with E-state index < -0.39 is 0 Å². The lowest BCUT2D eigenvalue weighted by Crippen LogP contribution is -2.26. The Morgan fingerprint density at radius 1 is 0.946 bits per heavy atom. The molecule has 1 amide bonds. The van der Waals surface area contributed by atoms with Gasteiger partial charge in [-0.3, -0.25) is 4.79 Å². The number of halogens is 1. The third-order valence-electron chi connectivity index (χ3n) is 6.78. The van der Waals surface area contributed by atoms with Gasteiger partial charge in [-0.2, -0.15) is 0 Å². The molecule has 0 saturated heterocycles. The third-order valence-corrected chi connectivity index (χ3v) is 7.15. The Hall–Kier alpha value is -3.31. The maximum atomic E-state index is 12.2. The molecule has 194 valence electrons. The van der Waals surface area contributed by atoms with E-state index in [9.17, 15) is 4.79 Å². The van der Waals surface area contributed by atoms with Crippen LogP contribution in [0.5, 0.6) is 5.75 Å². The molecule has 0 fully saturated rings. The normalized spacial score (nSPS) is 11.1. The van der Waals surface area contributed by atoms with Gasteiger partial charge in [0.25, 0.3) is 0 Å². The van der Waals surface area contributed by atoms with Crippen LogP contribution in [0, 0.1) is 13.8 Å². The summed E-state index contributed by atoms with van der Waals surface area (Å²) < 4.78 is 8.42. The molecule has 0 aliphatic rings. The van der Waals surface area contributed by atoms with Crippen LogP contribution < -0.4 is 10.1 Å². The summed E-state index contributed by atoms with van der Waals surface area (Å²) in [5.74, 6) is 2.10. The summed E-state index contributed by atoms with van der Waals surface area (Å²) in [6.45, 7) is 6.44. The van der Waals surface area contributed by atoms with E-state index in [2.05, 4.69) is 48.0 Å². The molecular weight excluding hydrogens is 482 g/mol. The standard InChI is InChI=1S/C31H36ClN3O2/c1-23-12-10-17-29(24(23)2)37-21-11-20-35-28-16-8-7-15-27(28)34-30(35)18-4-3-9-19-33-31(36)22-25-13-5-6-14-26(25)32/h5-8,10,12-17H,3-4,9,11,18-22H2,1-2H3,(H,33,36). The number of imidazole rings is 1. The first-order valence-corrected chi connectivity index (χ1v) is 13.5. The van der Waals surface area contributed by atoms with Crippen molar-refractivity contribution in [2.75, 3.05) is 13.2 Å². The predicted octanol–water partition coefficient (Wildman–Crippen LogP) is 6.85. The summed E-state index contributed by atoms with van der Waals surface area (Å²) >= 11 is 6.16. The van der Waals surface area contributed by atoms with Gasteiger partial charge >= 0.3 is 0 Å². The first-order chi connectivity index (χ1) is 18.0. The summed E-state index contributed by atoms with van der Waals surface area (Å²) in [6.07, 6.45) is 5.15. The zero-order valence-corrected chi connectivity index (χ0v) is 22.6. The number of aryl methyl sites for hydroxylation is 3. The maximum absolute atomic E-state index is 12.2. The fourth-order valence-corrected chi connectivity index (χ4v) is 4.74. The molecule has 0 aliphatic carbocycles. The SMILES string of the molecule is Cc1cccc(OCCCn2c(CCCCCNC(=O)Cc3ccccc3Cl)nc3ccccc32)c1C. The fourth-order valence-electron chi connectivity index (χ4n) is 4.54. The van der Waals surface area contributed by atoms with E-state index in [1.807, 2.05) is 42.5 Å². The van der Waals surface area contributed by atoms with Crippen LogP contribution >= 0.6 is 11.6 Å². The number of carbonyl (C=O) groups excluding carboxylic acids is 1. The summed E-state index contributed by atoms with van der Waals surface area (Å²) in [7, 11) is 0. The van der Waals surface area contributed by atoms with Crippen LogP contribution in [-0.4, -0.2) is 28.6 Å². The first kappa shape index (κ1) is 26.7. The smallest absolute Gasteiger partial charge is 0.224 e. The number of ether oxygens (including phenoxy) is 1. The second kappa shape index (κ2) is 13.3. The van der Waals surface area contributed by atoms with Crippen molar-refractivity contribution in [3.63, 3.8) is 0 Å². The lowest BCUT2D eigenvalue weighted by Gasteiger charge is -2.13. The van der Waals surface area contributed by atoms with Crippen molar-refractivity contribution in [3.8, 4) is 5.75 Å². The van der Waals surface area contributed by atoms with Gasteiger partial charge in [0, 0.05) is 24.5 Å². The number of hydrogen-bond donors (Lipinski definition) is 1. The van der Waals surface area contributed by atoms with Gasteiger partial charge in [-0.05, 0) is 74.1 Å². The summed E-state index contributed by atoms with van der Waals surface area (Å²) in [5, 5.41) is 3.65. The molecular formula is C31H36ClN3O2. The molecule has 0 atom stereocenters. The molecule has 5 nitrogen and oxygen atoms in total. The minimum absolute atomic E-state index is 0.0120. The van der Waals surface area contributed by atoms with Gasteiger partial charge in [-0.25, -0.2) is 4.98 Å². The van der Waals surface area contributed by atoms with E-state index >= 15 is 0 Å². The molecule has 0 saturated carbocycles. The highest BCUT2D eigenvalue weighted by Crippen LogP contribution is 2.22. The van der Waals surface area contributed by atoms with E-state index in [1.165, 1.54) is 16.6 Å². The van der Waals surface area contributed by atoms with E-state index in [-0.39, 0.29) is 5.91 Å². The van der Waals surface area contributed by atoms with E-state index in [0.29, 0.717) is 24.6 Å². The molecule has 0 aliphatic heterocycles. The average Bonchev–Trinajstić information content (AvgIpc) is 3.25. The fraction of sp³-hybridized carbons (Fsp3) is 0.355. The molecule has 0 radical (unpaired) electrons. The molecule has 37 heavy (non-hydrogen) atoms. The number of fused-ring (bicyclic) bond motifs is 1. The highest BCUT2D eigenvalue weighted by atomic mass is 35.5. The topological polar surface area (TPSA) is 56.1 Å². The monoisotopic (exact) mass is 517 g/mol. The second-order valence-electron chi connectivity index (χ2n) is 9.50. The molecule has 6 heteroatoms. The van der Waals surface area contributed by atoms with Crippen LogP contribution in [-0.2, 0) is 24.2 Å². The van der Waals surface area contributed by atoms with Crippen molar-refractivity contribution in [2.45, 2.75) is 58.9 Å². The van der Waals surface area contributed by atoms with Crippen LogP contribution in [0.1, 0.15) is 48.2 Å². The molecule has 1 heterocycles.